The quantitative estimate of drug-likeness (QED) is 0.650. The van der Waals surface area contributed by atoms with Gasteiger partial charge in [0.2, 0.25) is 0 Å². The summed E-state index contributed by atoms with van der Waals surface area (Å²) in [6.07, 6.45) is -4.66. The highest BCUT2D eigenvalue weighted by Gasteiger charge is 2.39. The zero-order valence-corrected chi connectivity index (χ0v) is 9.27. The highest BCUT2D eigenvalue weighted by Crippen LogP contribution is 2.36. The van der Waals surface area contributed by atoms with E-state index < -0.39 is 46.5 Å². The SMILES string of the molecule is Nc1cnn(-c2c(F)c(F)cc(F)c2F)c1C(F)(F)F. The minimum absolute atomic E-state index is 0.131. The first kappa shape index (κ1) is 14.2. The third kappa shape index (κ3) is 2.06. The van der Waals surface area contributed by atoms with Gasteiger partial charge in [0.15, 0.2) is 29.0 Å². The molecule has 2 N–H and O–H groups in total. The van der Waals surface area contributed by atoms with E-state index in [1.54, 1.807) is 0 Å². The van der Waals surface area contributed by atoms with E-state index in [9.17, 15) is 30.7 Å². The predicted octanol–water partition coefficient (Wildman–Crippen LogP) is 3.03. The standard InChI is InChI=1S/C10H4F7N3/c11-3-1-4(12)7(14)8(6(3)13)20-9(10(15,16)17)5(18)2-19-20/h1-2H,18H2. The molecule has 1 aromatic heterocycles. The Morgan fingerprint density at radius 1 is 1.00 bits per heavy atom. The Morgan fingerprint density at radius 3 is 1.95 bits per heavy atom. The molecule has 10 heteroatoms. The van der Waals surface area contributed by atoms with Crippen LogP contribution in [0.15, 0.2) is 12.3 Å². The van der Waals surface area contributed by atoms with E-state index in [1.807, 2.05) is 0 Å². The van der Waals surface area contributed by atoms with Gasteiger partial charge in [-0.2, -0.15) is 18.3 Å². The molecule has 0 saturated heterocycles. The average Bonchev–Trinajstić information content (AvgIpc) is 2.69. The van der Waals surface area contributed by atoms with Gasteiger partial charge in [-0.25, -0.2) is 22.2 Å². The van der Waals surface area contributed by atoms with E-state index in [1.165, 1.54) is 0 Å². The van der Waals surface area contributed by atoms with E-state index >= 15 is 0 Å². The molecule has 0 spiro atoms. The highest BCUT2D eigenvalue weighted by atomic mass is 19.4. The molecule has 108 valence electrons. The Morgan fingerprint density at radius 2 is 1.50 bits per heavy atom. The summed E-state index contributed by atoms with van der Waals surface area (Å²) in [5, 5.41) is 3.01. The Hall–Kier alpha value is -2.26. The summed E-state index contributed by atoms with van der Waals surface area (Å²) in [5.41, 5.74) is 0.693. The molecule has 0 fully saturated rings. The van der Waals surface area contributed by atoms with E-state index in [2.05, 4.69) is 5.10 Å². The van der Waals surface area contributed by atoms with Crippen LogP contribution in [0.3, 0.4) is 0 Å². The second kappa shape index (κ2) is 4.39. The number of anilines is 1. The van der Waals surface area contributed by atoms with Crippen molar-refractivity contribution in [1.29, 1.82) is 0 Å². The Kier molecular flexibility index (Phi) is 3.11. The van der Waals surface area contributed by atoms with Gasteiger partial charge in [0.1, 0.15) is 5.69 Å². The molecular weight excluding hydrogens is 295 g/mol. The summed E-state index contributed by atoms with van der Waals surface area (Å²) >= 11 is 0. The summed E-state index contributed by atoms with van der Waals surface area (Å²) in [6.45, 7) is 0. The average molecular weight is 299 g/mol. The molecule has 2 aromatic rings. The summed E-state index contributed by atoms with van der Waals surface area (Å²) in [7, 11) is 0. The van der Waals surface area contributed by atoms with Crippen molar-refractivity contribution in [3.05, 3.63) is 41.2 Å². The predicted molar refractivity (Wildman–Crippen MR) is 52.8 cm³/mol. The smallest absolute Gasteiger partial charge is 0.396 e. The number of hydrogen-bond acceptors (Lipinski definition) is 2. The normalized spacial score (nSPS) is 11.9. The first-order chi connectivity index (χ1) is 9.14. The summed E-state index contributed by atoms with van der Waals surface area (Å²) < 4.78 is 90.8. The third-order valence-electron chi connectivity index (χ3n) is 2.37. The maximum atomic E-state index is 13.5. The van der Waals surface area contributed by atoms with Gasteiger partial charge in [-0.3, -0.25) is 0 Å². The number of rotatable bonds is 1. The van der Waals surface area contributed by atoms with Crippen LogP contribution in [0.4, 0.5) is 36.4 Å². The summed E-state index contributed by atoms with van der Waals surface area (Å²) in [6, 6.07) is -0.131. The molecule has 0 radical (unpaired) electrons. The third-order valence-corrected chi connectivity index (χ3v) is 2.37. The van der Waals surface area contributed by atoms with Gasteiger partial charge >= 0.3 is 6.18 Å². The number of hydrogen-bond donors (Lipinski definition) is 1. The first-order valence-electron chi connectivity index (χ1n) is 4.88. The van der Waals surface area contributed by atoms with Crippen LogP contribution < -0.4 is 5.73 Å². The van der Waals surface area contributed by atoms with E-state index in [0.29, 0.717) is 6.20 Å². The number of alkyl halides is 3. The number of nitrogen functional groups attached to an aromatic ring is 1. The molecule has 0 amide bonds. The van der Waals surface area contributed by atoms with Crippen molar-refractivity contribution in [2.75, 3.05) is 5.73 Å². The van der Waals surface area contributed by atoms with Crippen LogP contribution in [0.1, 0.15) is 5.69 Å². The van der Waals surface area contributed by atoms with E-state index in [-0.39, 0.29) is 10.7 Å². The molecule has 1 aromatic carbocycles. The lowest BCUT2D eigenvalue weighted by molar-refractivity contribution is -0.142. The van der Waals surface area contributed by atoms with Gasteiger partial charge < -0.3 is 5.73 Å². The Labute approximate surface area is 106 Å². The molecule has 3 nitrogen and oxygen atoms in total. The molecule has 0 aliphatic carbocycles. The van der Waals surface area contributed by atoms with Crippen molar-refractivity contribution >= 4 is 5.69 Å². The van der Waals surface area contributed by atoms with Crippen LogP contribution >= 0.6 is 0 Å². The fourth-order valence-corrected chi connectivity index (χ4v) is 1.56. The zero-order valence-electron chi connectivity index (χ0n) is 9.27. The number of aromatic nitrogens is 2. The number of benzene rings is 1. The maximum Gasteiger partial charge on any atom is 0.435 e. The van der Waals surface area contributed by atoms with Gasteiger partial charge in [-0.1, -0.05) is 0 Å². The lowest BCUT2D eigenvalue weighted by atomic mass is 10.2. The molecular formula is C10H4F7N3. The minimum Gasteiger partial charge on any atom is -0.396 e. The largest absolute Gasteiger partial charge is 0.435 e. The lowest BCUT2D eigenvalue weighted by Crippen LogP contribution is -2.18. The molecule has 0 aliphatic rings. The monoisotopic (exact) mass is 299 g/mol. The highest BCUT2D eigenvalue weighted by molar-refractivity contribution is 5.48. The molecule has 0 bridgehead atoms. The van der Waals surface area contributed by atoms with Crippen molar-refractivity contribution in [2.45, 2.75) is 6.18 Å². The van der Waals surface area contributed by atoms with Gasteiger partial charge in [0, 0.05) is 6.07 Å². The molecule has 1 heterocycles. The van der Waals surface area contributed by atoms with Crippen LogP contribution in [0.2, 0.25) is 0 Å². The van der Waals surface area contributed by atoms with Gasteiger partial charge in [-0.15, -0.1) is 0 Å². The topological polar surface area (TPSA) is 43.8 Å². The maximum absolute atomic E-state index is 13.5. The van der Waals surface area contributed by atoms with E-state index in [0.717, 1.165) is 0 Å². The van der Waals surface area contributed by atoms with Crippen LogP contribution in [0.25, 0.3) is 5.69 Å². The second-order valence-corrected chi connectivity index (χ2v) is 3.67. The van der Waals surface area contributed by atoms with Crippen molar-refractivity contribution in [1.82, 2.24) is 9.78 Å². The van der Waals surface area contributed by atoms with Crippen molar-refractivity contribution in [2.24, 2.45) is 0 Å². The Bertz CT molecular complexity index is 648. The minimum atomic E-state index is -5.12. The van der Waals surface area contributed by atoms with Crippen molar-refractivity contribution in [3.63, 3.8) is 0 Å². The summed E-state index contributed by atoms with van der Waals surface area (Å²) in [5.74, 6) is -7.75. The summed E-state index contributed by atoms with van der Waals surface area (Å²) in [4.78, 5) is 0. The number of nitrogens with two attached hydrogens (primary N) is 1. The van der Waals surface area contributed by atoms with Crippen LogP contribution in [-0.4, -0.2) is 9.78 Å². The number of nitrogens with zero attached hydrogens (tertiary/aromatic N) is 2. The second-order valence-electron chi connectivity index (χ2n) is 3.67. The van der Waals surface area contributed by atoms with E-state index in [4.69, 9.17) is 5.73 Å². The molecule has 0 saturated carbocycles. The van der Waals surface area contributed by atoms with Gasteiger partial charge in [-0.05, 0) is 0 Å². The fourth-order valence-electron chi connectivity index (χ4n) is 1.56. The lowest BCUT2D eigenvalue weighted by Gasteiger charge is -2.13. The molecule has 20 heavy (non-hydrogen) atoms. The van der Waals surface area contributed by atoms with Gasteiger partial charge in [0.25, 0.3) is 0 Å². The zero-order chi connectivity index (χ0) is 15.2. The fraction of sp³-hybridized carbons (Fsp3) is 0.100. The molecule has 0 unspecified atom stereocenters. The van der Waals surface area contributed by atoms with Crippen molar-refractivity contribution in [3.8, 4) is 5.69 Å². The molecule has 0 aliphatic heterocycles. The van der Waals surface area contributed by atoms with Gasteiger partial charge in [0.05, 0.1) is 11.9 Å². The first-order valence-corrected chi connectivity index (χ1v) is 4.88. The number of halogens is 7. The molecule has 2 rings (SSSR count). The Balaban J connectivity index is 2.84. The van der Waals surface area contributed by atoms with Crippen LogP contribution in [-0.2, 0) is 6.18 Å². The van der Waals surface area contributed by atoms with Crippen LogP contribution in [0, 0.1) is 23.3 Å². The van der Waals surface area contributed by atoms with Crippen LogP contribution in [0.5, 0.6) is 0 Å². The van der Waals surface area contributed by atoms with Crippen molar-refractivity contribution < 1.29 is 30.7 Å². The molecule has 0 atom stereocenters.